The van der Waals surface area contributed by atoms with Crippen LogP contribution in [0.5, 0.6) is 0 Å². The first-order chi connectivity index (χ1) is 9.94. The van der Waals surface area contributed by atoms with Crippen molar-refractivity contribution in [2.45, 2.75) is 32.8 Å². The predicted octanol–water partition coefficient (Wildman–Crippen LogP) is 4.62. The standard InChI is InChI=1S/C18H21NO2/c1-18(2,3)21-17(20)19-16-12-8-7-11-15(16)13-14-9-5-4-6-10-14/h4-12H,13H2,1-3H3,(H,19,20). The lowest BCUT2D eigenvalue weighted by Gasteiger charge is -2.20. The quantitative estimate of drug-likeness (QED) is 0.892. The van der Waals surface area contributed by atoms with Crippen LogP contribution in [0.3, 0.4) is 0 Å². The van der Waals surface area contributed by atoms with Gasteiger partial charge in [-0.25, -0.2) is 4.79 Å². The van der Waals surface area contributed by atoms with Crippen LogP contribution < -0.4 is 5.32 Å². The van der Waals surface area contributed by atoms with Crippen molar-refractivity contribution in [2.24, 2.45) is 0 Å². The van der Waals surface area contributed by atoms with Crippen LogP contribution in [0.1, 0.15) is 31.9 Å². The average Bonchev–Trinajstić information content (AvgIpc) is 2.40. The summed E-state index contributed by atoms with van der Waals surface area (Å²) in [6.07, 6.45) is 0.343. The van der Waals surface area contributed by atoms with Crippen LogP contribution in [0.4, 0.5) is 10.5 Å². The lowest BCUT2D eigenvalue weighted by atomic mass is 10.0. The molecule has 3 heteroatoms. The maximum Gasteiger partial charge on any atom is 0.412 e. The van der Waals surface area contributed by atoms with Crippen LogP contribution in [-0.4, -0.2) is 11.7 Å². The molecule has 3 nitrogen and oxygen atoms in total. The van der Waals surface area contributed by atoms with Gasteiger partial charge in [0, 0.05) is 5.69 Å². The Morgan fingerprint density at radius 2 is 1.62 bits per heavy atom. The minimum absolute atomic E-state index is 0.428. The summed E-state index contributed by atoms with van der Waals surface area (Å²) in [7, 11) is 0. The Hall–Kier alpha value is -2.29. The van der Waals surface area contributed by atoms with Crippen molar-refractivity contribution in [3.05, 3.63) is 65.7 Å². The van der Waals surface area contributed by atoms with Crippen molar-refractivity contribution in [2.75, 3.05) is 5.32 Å². The number of rotatable bonds is 3. The molecule has 2 aromatic rings. The van der Waals surface area contributed by atoms with E-state index in [2.05, 4.69) is 17.4 Å². The molecule has 21 heavy (non-hydrogen) atoms. The number of anilines is 1. The van der Waals surface area contributed by atoms with Gasteiger partial charge in [0.2, 0.25) is 0 Å². The molecule has 0 aliphatic rings. The molecule has 110 valence electrons. The zero-order valence-electron chi connectivity index (χ0n) is 12.7. The summed E-state index contributed by atoms with van der Waals surface area (Å²) < 4.78 is 5.30. The summed E-state index contributed by atoms with van der Waals surface area (Å²) in [6, 6.07) is 17.9. The molecule has 0 unspecified atom stereocenters. The van der Waals surface area contributed by atoms with Gasteiger partial charge in [-0.3, -0.25) is 5.32 Å². The largest absolute Gasteiger partial charge is 0.444 e. The van der Waals surface area contributed by atoms with Gasteiger partial charge in [0.05, 0.1) is 0 Å². The second-order valence-corrected chi connectivity index (χ2v) is 5.95. The van der Waals surface area contributed by atoms with E-state index in [4.69, 9.17) is 4.74 Å². The average molecular weight is 283 g/mol. The fraction of sp³-hybridized carbons (Fsp3) is 0.278. The van der Waals surface area contributed by atoms with Gasteiger partial charge >= 0.3 is 6.09 Å². The fourth-order valence-electron chi connectivity index (χ4n) is 2.03. The molecule has 0 bridgehead atoms. The van der Waals surface area contributed by atoms with Gasteiger partial charge in [-0.2, -0.15) is 0 Å². The van der Waals surface area contributed by atoms with E-state index in [1.54, 1.807) is 0 Å². The topological polar surface area (TPSA) is 38.3 Å². The first-order valence-corrected chi connectivity index (χ1v) is 7.06. The molecule has 0 saturated heterocycles. The van der Waals surface area contributed by atoms with Gasteiger partial charge in [0.25, 0.3) is 0 Å². The summed E-state index contributed by atoms with van der Waals surface area (Å²) in [4.78, 5) is 11.9. The van der Waals surface area contributed by atoms with Crippen molar-refractivity contribution in [1.29, 1.82) is 0 Å². The molecule has 0 atom stereocenters. The summed E-state index contributed by atoms with van der Waals surface area (Å²) in [6.45, 7) is 5.55. The van der Waals surface area contributed by atoms with E-state index in [9.17, 15) is 4.79 Å². The Morgan fingerprint density at radius 1 is 1.00 bits per heavy atom. The maximum absolute atomic E-state index is 11.9. The van der Waals surface area contributed by atoms with E-state index in [1.165, 1.54) is 5.56 Å². The summed E-state index contributed by atoms with van der Waals surface area (Å²) in [5, 5.41) is 2.83. The van der Waals surface area contributed by atoms with Crippen molar-refractivity contribution in [3.8, 4) is 0 Å². The molecular weight excluding hydrogens is 262 g/mol. The van der Waals surface area contributed by atoms with Gasteiger partial charge in [0.15, 0.2) is 0 Å². The third-order valence-electron chi connectivity index (χ3n) is 2.89. The Labute approximate surface area is 126 Å². The Bertz CT molecular complexity index is 600. The zero-order chi connectivity index (χ0) is 15.3. The highest BCUT2D eigenvalue weighted by Crippen LogP contribution is 2.20. The van der Waals surface area contributed by atoms with E-state index in [0.717, 1.165) is 17.7 Å². The number of amides is 1. The third kappa shape index (κ3) is 4.95. The fourth-order valence-corrected chi connectivity index (χ4v) is 2.03. The van der Waals surface area contributed by atoms with Crippen LogP contribution >= 0.6 is 0 Å². The van der Waals surface area contributed by atoms with Crippen molar-refractivity contribution < 1.29 is 9.53 Å². The van der Waals surface area contributed by atoms with Crippen LogP contribution in [-0.2, 0) is 11.2 Å². The normalized spacial score (nSPS) is 11.0. The van der Waals surface area contributed by atoms with Gasteiger partial charge in [-0.1, -0.05) is 48.5 Å². The number of carbonyl (C=O) groups excluding carboxylic acids is 1. The number of para-hydroxylation sites is 1. The molecule has 0 aromatic heterocycles. The van der Waals surface area contributed by atoms with E-state index in [0.29, 0.717) is 0 Å². The minimum atomic E-state index is -0.502. The van der Waals surface area contributed by atoms with Gasteiger partial charge in [-0.05, 0) is 44.4 Å². The van der Waals surface area contributed by atoms with Crippen LogP contribution in [0.2, 0.25) is 0 Å². The maximum atomic E-state index is 11.9. The first-order valence-electron chi connectivity index (χ1n) is 7.06. The van der Waals surface area contributed by atoms with Crippen LogP contribution in [0.25, 0.3) is 0 Å². The van der Waals surface area contributed by atoms with E-state index < -0.39 is 11.7 Å². The molecule has 0 fully saturated rings. The van der Waals surface area contributed by atoms with Gasteiger partial charge < -0.3 is 4.74 Å². The Morgan fingerprint density at radius 3 is 2.29 bits per heavy atom. The highest BCUT2D eigenvalue weighted by Gasteiger charge is 2.17. The lowest BCUT2D eigenvalue weighted by molar-refractivity contribution is 0.0636. The molecule has 2 aromatic carbocycles. The molecule has 0 aliphatic carbocycles. The number of benzene rings is 2. The number of carbonyl (C=O) groups is 1. The van der Waals surface area contributed by atoms with E-state index in [1.807, 2.05) is 63.2 Å². The van der Waals surface area contributed by atoms with Gasteiger partial charge in [-0.15, -0.1) is 0 Å². The molecule has 1 N–H and O–H groups in total. The van der Waals surface area contributed by atoms with Crippen molar-refractivity contribution in [3.63, 3.8) is 0 Å². The Balaban J connectivity index is 2.12. The summed E-state index contributed by atoms with van der Waals surface area (Å²) in [5.41, 5.74) is 2.56. The third-order valence-corrected chi connectivity index (χ3v) is 2.89. The van der Waals surface area contributed by atoms with Crippen LogP contribution in [0, 0.1) is 0 Å². The molecule has 2 rings (SSSR count). The zero-order valence-corrected chi connectivity index (χ0v) is 12.7. The monoisotopic (exact) mass is 283 g/mol. The smallest absolute Gasteiger partial charge is 0.412 e. The second kappa shape index (κ2) is 6.44. The number of nitrogens with one attached hydrogen (secondary N) is 1. The van der Waals surface area contributed by atoms with Crippen molar-refractivity contribution >= 4 is 11.8 Å². The lowest BCUT2D eigenvalue weighted by Crippen LogP contribution is -2.27. The van der Waals surface area contributed by atoms with E-state index in [-0.39, 0.29) is 0 Å². The molecule has 0 spiro atoms. The summed E-state index contributed by atoms with van der Waals surface area (Å²) in [5.74, 6) is 0. The Kier molecular flexibility index (Phi) is 4.63. The minimum Gasteiger partial charge on any atom is -0.444 e. The number of hydrogen-bond donors (Lipinski definition) is 1. The summed E-state index contributed by atoms with van der Waals surface area (Å²) >= 11 is 0. The molecule has 0 saturated carbocycles. The predicted molar refractivity (Wildman–Crippen MR) is 85.5 cm³/mol. The number of ether oxygens (including phenoxy) is 1. The molecule has 1 amide bonds. The number of hydrogen-bond acceptors (Lipinski definition) is 2. The molecule has 0 heterocycles. The highest BCUT2D eigenvalue weighted by atomic mass is 16.6. The van der Waals surface area contributed by atoms with Gasteiger partial charge in [0.1, 0.15) is 5.60 Å². The first kappa shape index (κ1) is 15.1. The van der Waals surface area contributed by atoms with Crippen molar-refractivity contribution in [1.82, 2.24) is 0 Å². The molecule has 0 aliphatic heterocycles. The SMILES string of the molecule is CC(C)(C)OC(=O)Nc1ccccc1Cc1ccccc1. The van der Waals surface area contributed by atoms with E-state index >= 15 is 0 Å². The molecule has 0 radical (unpaired) electrons. The molecular formula is C18H21NO2. The second-order valence-electron chi connectivity index (χ2n) is 5.95. The highest BCUT2D eigenvalue weighted by molar-refractivity contribution is 5.86. The van der Waals surface area contributed by atoms with Crippen LogP contribution in [0.15, 0.2) is 54.6 Å².